The van der Waals surface area contributed by atoms with Gasteiger partial charge in [-0.15, -0.1) is 0 Å². The fourth-order valence-electron chi connectivity index (χ4n) is 3.35. The third kappa shape index (κ3) is 3.80. The van der Waals surface area contributed by atoms with Crippen LogP contribution in [0.25, 0.3) is 0 Å². The summed E-state index contributed by atoms with van der Waals surface area (Å²) in [5, 5.41) is 3.29. The van der Waals surface area contributed by atoms with E-state index in [4.69, 9.17) is 0 Å². The maximum Gasteiger partial charge on any atom is 0.210 e. The molecular formula is C23H26N2O2S. The van der Waals surface area contributed by atoms with Gasteiger partial charge in [-0.1, -0.05) is 23.8 Å². The maximum atomic E-state index is 13.4. The molecule has 4 nitrogen and oxygen atoms in total. The Morgan fingerprint density at radius 2 is 1.39 bits per heavy atom. The van der Waals surface area contributed by atoms with Crippen LogP contribution in [0.4, 0.5) is 11.5 Å². The van der Waals surface area contributed by atoms with Gasteiger partial charge >= 0.3 is 0 Å². The minimum absolute atomic E-state index is 0.181. The van der Waals surface area contributed by atoms with E-state index in [-0.39, 0.29) is 9.79 Å². The Kier molecular flexibility index (Phi) is 5.31. The summed E-state index contributed by atoms with van der Waals surface area (Å²) in [5.74, 6) is 0.355. The maximum absolute atomic E-state index is 13.4. The van der Waals surface area contributed by atoms with E-state index < -0.39 is 9.84 Å². The van der Waals surface area contributed by atoms with Crippen LogP contribution in [0, 0.1) is 41.5 Å². The molecule has 0 spiro atoms. The van der Waals surface area contributed by atoms with Crippen LogP contribution in [-0.2, 0) is 9.84 Å². The molecule has 0 aliphatic heterocycles. The van der Waals surface area contributed by atoms with Gasteiger partial charge < -0.3 is 5.32 Å². The van der Waals surface area contributed by atoms with Crippen LogP contribution >= 0.6 is 0 Å². The molecule has 0 fully saturated rings. The zero-order valence-electron chi connectivity index (χ0n) is 17.2. The molecular weight excluding hydrogens is 368 g/mol. The molecule has 28 heavy (non-hydrogen) atoms. The molecule has 0 atom stereocenters. The standard InChI is InChI=1S/C23H26N2O2S/c1-14-11-17(4)22(18(5)12-14)25-23-21(10-8-19(6)24-23)28(26,27)20-9-7-15(2)16(3)13-20/h7-13H,1-6H3,(H,24,25). The first-order valence-corrected chi connectivity index (χ1v) is 10.7. The first kappa shape index (κ1) is 20.1. The number of nitrogens with zero attached hydrogens (tertiary/aromatic N) is 1. The van der Waals surface area contributed by atoms with Crippen molar-refractivity contribution in [3.63, 3.8) is 0 Å². The van der Waals surface area contributed by atoms with Crippen LogP contribution in [0.3, 0.4) is 0 Å². The number of benzene rings is 2. The van der Waals surface area contributed by atoms with Crippen LogP contribution in [0.5, 0.6) is 0 Å². The number of hydrogen-bond donors (Lipinski definition) is 1. The van der Waals surface area contributed by atoms with Gasteiger partial charge in [-0.25, -0.2) is 13.4 Å². The number of aromatic nitrogens is 1. The lowest BCUT2D eigenvalue weighted by Gasteiger charge is -2.17. The molecule has 1 N–H and O–H groups in total. The zero-order valence-corrected chi connectivity index (χ0v) is 18.0. The Morgan fingerprint density at radius 1 is 0.750 bits per heavy atom. The number of hydrogen-bond acceptors (Lipinski definition) is 4. The van der Waals surface area contributed by atoms with E-state index in [2.05, 4.69) is 22.4 Å². The van der Waals surface area contributed by atoms with Crippen molar-refractivity contribution in [2.75, 3.05) is 5.32 Å². The quantitative estimate of drug-likeness (QED) is 0.634. The molecule has 0 saturated carbocycles. The number of rotatable bonds is 4. The van der Waals surface area contributed by atoms with Gasteiger partial charge in [-0.05, 0) is 88.1 Å². The van der Waals surface area contributed by atoms with Crippen molar-refractivity contribution >= 4 is 21.3 Å². The molecule has 0 bridgehead atoms. The smallest absolute Gasteiger partial charge is 0.210 e. The summed E-state index contributed by atoms with van der Waals surface area (Å²) in [6.45, 7) is 11.8. The molecule has 0 unspecified atom stereocenters. The lowest BCUT2D eigenvalue weighted by molar-refractivity contribution is 0.596. The fraction of sp³-hybridized carbons (Fsp3) is 0.261. The highest BCUT2D eigenvalue weighted by Gasteiger charge is 2.23. The van der Waals surface area contributed by atoms with Crippen LogP contribution in [-0.4, -0.2) is 13.4 Å². The lowest BCUT2D eigenvalue weighted by Crippen LogP contribution is -2.09. The lowest BCUT2D eigenvalue weighted by atomic mass is 10.1. The SMILES string of the molecule is Cc1cc(C)c(Nc2nc(C)ccc2S(=O)(=O)c2ccc(C)c(C)c2)c(C)c1. The molecule has 0 aliphatic carbocycles. The molecule has 2 aromatic carbocycles. The topological polar surface area (TPSA) is 59.1 Å². The van der Waals surface area contributed by atoms with E-state index in [9.17, 15) is 8.42 Å². The predicted octanol–water partition coefficient (Wildman–Crippen LogP) is 5.51. The van der Waals surface area contributed by atoms with Gasteiger partial charge in [0.1, 0.15) is 10.7 Å². The molecule has 5 heteroatoms. The summed E-state index contributed by atoms with van der Waals surface area (Å²) in [5.41, 5.74) is 6.92. The summed E-state index contributed by atoms with van der Waals surface area (Å²) in [6, 6.07) is 12.7. The second-order valence-electron chi connectivity index (χ2n) is 7.45. The van der Waals surface area contributed by atoms with E-state index >= 15 is 0 Å². The molecule has 146 valence electrons. The van der Waals surface area contributed by atoms with Crippen LogP contribution in [0.1, 0.15) is 33.5 Å². The van der Waals surface area contributed by atoms with Gasteiger partial charge in [0.15, 0.2) is 0 Å². The van der Waals surface area contributed by atoms with Crippen LogP contribution in [0.15, 0.2) is 52.3 Å². The minimum atomic E-state index is -3.70. The summed E-state index contributed by atoms with van der Waals surface area (Å²) < 4.78 is 26.7. The molecule has 0 radical (unpaired) electrons. The molecule has 1 aromatic heterocycles. The molecule has 0 aliphatic rings. The highest BCUT2D eigenvalue weighted by molar-refractivity contribution is 7.91. The number of sulfone groups is 1. The number of anilines is 2. The van der Waals surface area contributed by atoms with Crippen LogP contribution in [0.2, 0.25) is 0 Å². The van der Waals surface area contributed by atoms with Crippen molar-refractivity contribution in [2.24, 2.45) is 0 Å². The van der Waals surface area contributed by atoms with Gasteiger partial charge in [-0.2, -0.15) is 0 Å². The molecule has 3 rings (SSSR count). The highest BCUT2D eigenvalue weighted by atomic mass is 32.2. The van der Waals surface area contributed by atoms with Gasteiger partial charge in [0.25, 0.3) is 0 Å². The average Bonchev–Trinajstić information content (AvgIpc) is 2.60. The van der Waals surface area contributed by atoms with Gasteiger partial charge in [-0.3, -0.25) is 0 Å². The normalized spacial score (nSPS) is 11.5. The Balaban J connectivity index is 2.15. The highest BCUT2D eigenvalue weighted by Crippen LogP contribution is 2.32. The average molecular weight is 395 g/mol. The van der Waals surface area contributed by atoms with E-state index in [1.165, 1.54) is 5.56 Å². The first-order chi connectivity index (χ1) is 13.1. The van der Waals surface area contributed by atoms with Crippen LogP contribution < -0.4 is 5.32 Å². The van der Waals surface area contributed by atoms with Crippen molar-refractivity contribution in [3.8, 4) is 0 Å². The number of nitrogens with one attached hydrogen (secondary N) is 1. The van der Waals surface area contributed by atoms with Gasteiger partial charge in [0, 0.05) is 11.4 Å². The molecule has 3 aromatic rings. The zero-order chi connectivity index (χ0) is 20.6. The summed E-state index contributed by atoms with van der Waals surface area (Å²) in [7, 11) is -3.70. The third-order valence-corrected chi connectivity index (χ3v) is 6.78. The number of pyridine rings is 1. The summed E-state index contributed by atoms with van der Waals surface area (Å²) in [4.78, 5) is 4.98. The second kappa shape index (κ2) is 7.40. The van der Waals surface area contributed by atoms with Crippen molar-refractivity contribution < 1.29 is 8.42 Å². The molecule has 0 amide bonds. The monoisotopic (exact) mass is 394 g/mol. The number of aryl methyl sites for hydroxylation is 6. The van der Waals surface area contributed by atoms with Crippen molar-refractivity contribution in [2.45, 2.75) is 51.3 Å². The van der Waals surface area contributed by atoms with Crippen molar-refractivity contribution in [1.29, 1.82) is 0 Å². The Morgan fingerprint density at radius 3 is 2.00 bits per heavy atom. The largest absolute Gasteiger partial charge is 0.339 e. The van der Waals surface area contributed by atoms with Gasteiger partial charge in [0.2, 0.25) is 9.84 Å². The first-order valence-electron chi connectivity index (χ1n) is 9.24. The minimum Gasteiger partial charge on any atom is -0.339 e. The fourth-order valence-corrected chi connectivity index (χ4v) is 4.79. The van der Waals surface area contributed by atoms with Gasteiger partial charge in [0.05, 0.1) is 4.90 Å². The summed E-state index contributed by atoms with van der Waals surface area (Å²) in [6.07, 6.45) is 0. The summed E-state index contributed by atoms with van der Waals surface area (Å²) >= 11 is 0. The van der Waals surface area contributed by atoms with E-state index in [0.29, 0.717) is 5.82 Å². The Hall–Kier alpha value is -2.66. The van der Waals surface area contributed by atoms with E-state index in [1.807, 2.05) is 47.6 Å². The Bertz CT molecular complexity index is 1140. The van der Waals surface area contributed by atoms with Crippen molar-refractivity contribution in [3.05, 3.63) is 76.0 Å². The van der Waals surface area contributed by atoms with E-state index in [0.717, 1.165) is 33.6 Å². The second-order valence-corrected chi connectivity index (χ2v) is 9.37. The third-order valence-electron chi connectivity index (χ3n) is 5.00. The predicted molar refractivity (Wildman–Crippen MR) is 114 cm³/mol. The van der Waals surface area contributed by atoms with Crippen molar-refractivity contribution in [1.82, 2.24) is 4.98 Å². The molecule has 0 saturated heterocycles. The molecule has 1 heterocycles. The Labute approximate surface area is 167 Å². The van der Waals surface area contributed by atoms with E-state index in [1.54, 1.807) is 24.3 Å².